The molecule has 0 fully saturated rings. The number of para-hydroxylation sites is 1. The van der Waals surface area contributed by atoms with Crippen LogP contribution in [0.3, 0.4) is 0 Å². The lowest BCUT2D eigenvalue weighted by atomic mass is 9.93. The topological polar surface area (TPSA) is 97.0 Å². The first-order valence-electron chi connectivity index (χ1n) is 9.85. The van der Waals surface area contributed by atoms with Crippen molar-refractivity contribution in [2.45, 2.75) is 79.4 Å². The van der Waals surface area contributed by atoms with Gasteiger partial charge in [-0.05, 0) is 50.7 Å². The van der Waals surface area contributed by atoms with E-state index in [1.165, 1.54) is 0 Å². The van der Waals surface area contributed by atoms with E-state index in [0.717, 1.165) is 11.1 Å². The molecule has 0 spiro atoms. The minimum atomic E-state index is -1.01. The number of amides is 4. The summed E-state index contributed by atoms with van der Waals surface area (Å²) in [4.78, 5) is 37.4. The molecule has 1 aromatic rings. The third-order valence-corrected chi connectivity index (χ3v) is 3.87. The molecule has 2 N–H and O–H groups in total. The summed E-state index contributed by atoms with van der Waals surface area (Å²) in [6.07, 6.45) is -2.84. The lowest BCUT2D eigenvalue weighted by Crippen LogP contribution is -2.52. The monoisotopic (exact) mass is 407 g/mol. The molecule has 8 heteroatoms. The molecule has 4 amide bonds. The molecule has 0 radical (unpaired) electrons. The molecule has 0 aliphatic carbocycles. The number of hydrazine groups is 1. The van der Waals surface area contributed by atoms with Gasteiger partial charge in [0.25, 0.3) is 0 Å². The van der Waals surface area contributed by atoms with Crippen molar-refractivity contribution in [3.63, 3.8) is 0 Å². The summed E-state index contributed by atoms with van der Waals surface area (Å²) in [6, 6.07) is 4.93. The van der Waals surface area contributed by atoms with E-state index in [-0.39, 0.29) is 11.8 Å². The fraction of sp³-hybridized carbons (Fsp3) is 0.571. The maximum atomic E-state index is 13.0. The number of imide groups is 1. The summed E-state index contributed by atoms with van der Waals surface area (Å²) in [6.45, 7) is 14.7. The van der Waals surface area contributed by atoms with Gasteiger partial charge in [0.1, 0.15) is 0 Å². The van der Waals surface area contributed by atoms with E-state index < -0.39 is 30.4 Å². The minimum absolute atomic E-state index is 0.138. The Morgan fingerprint density at radius 2 is 1.31 bits per heavy atom. The molecule has 0 bridgehead atoms. The van der Waals surface area contributed by atoms with E-state index in [2.05, 4.69) is 10.7 Å². The molecule has 29 heavy (non-hydrogen) atoms. The standard InChI is InChI=1S/C21H33N3O5/c1-12(2)16-10-9-11-17(13(3)4)18(16)22-19(25)24(21(27)29-15(7)8)23-20(26)28-14(5)6/h9-15H,1-8H3,(H,22,25)(H,23,26). The predicted octanol–water partition coefficient (Wildman–Crippen LogP) is 5.36. The average molecular weight is 408 g/mol. The summed E-state index contributed by atoms with van der Waals surface area (Å²) in [7, 11) is 0. The molecule has 8 nitrogen and oxygen atoms in total. The molecule has 0 unspecified atom stereocenters. The molecule has 0 saturated heterocycles. The van der Waals surface area contributed by atoms with E-state index in [1.807, 2.05) is 45.9 Å². The zero-order valence-electron chi connectivity index (χ0n) is 18.5. The first-order valence-corrected chi connectivity index (χ1v) is 9.85. The molecule has 0 heterocycles. The van der Waals surface area contributed by atoms with Crippen molar-refractivity contribution >= 4 is 23.9 Å². The van der Waals surface area contributed by atoms with Crippen molar-refractivity contribution in [3.8, 4) is 0 Å². The normalized spacial score (nSPS) is 11.0. The Morgan fingerprint density at radius 1 is 0.828 bits per heavy atom. The highest BCUT2D eigenvalue weighted by molar-refractivity contribution is 6.01. The van der Waals surface area contributed by atoms with Crippen LogP contribution in [0.1, 0.15) is 78.4 Å². The summed E-state index contributed by atoms with van der Waals surface area (Å²) in [5, 5.41) is 3.26. The van der Waals surface area contributed by atoms with Gasteiger partial charge in [-0.2, -0.15) is 0 Å². The van der Waals surface area contributed by atoms with Crippen molar-refractivity contribution in [1.82, 2.24) is 10.4 Å². The van der Waals surface area contributed by atoms with Gasteiger partial charge in [-0.1, -0.05) is 45.9 Å². The number of urea groups is 1. The summed E-state index contributed by atoms with van der Waals surface area (Å²) >= 11 is 0. The number of nitrogens with one attached hydrogen (secondary N) is 2. The molecule has 1 aromatic carbocycles. The van der Waals surface area contributed by atoms with E-state index >= 15 is 0 Å². The van der Waals surface area contributed by atoms with Crippen LogP contribution in [0.2, 0.25) is 0 Å². The Bertz CT molecular complexity index is 703. The molecule has 162 valence electrons. The number of carbonyl (C=O) groups is 3. The van der Waals surface area contributed by atoms with Crippen LogP contribution in [0.5, 0.6) is 0 Å². The fourth-order valence-corrected chi connectivity index (χ4v) is 2.62. The van der Waals surface area contributed by atoms with Crippen LogP contribution in [0.4, 0.5) is 20.1 Å². The van der Waals surface area contributed by atoms with E-state index in [1.54, 1.807) is 27.7 Å². The SMILES string of the molecule is CC(C)OC(=O)NN(C(=O)Nc1c(C(C)C)cccc1C(C)C)C(=O)OC(C)C. The van der Waals surface area contributed by atoms with Crippen LogP contribution < -0.4 is 10.7 Å². The van der Waals surface area contributed by atoms with Crippen molar-refractivity contribution in [3.05, 3.63) is 29.3 Å². The highest BCUT2D eigenvalue weighted by Crippen LogP contribution is 2.32. The Balaban J connectivity index is 3.23. The molecule has 0 aliphatic heterocycles. The van der Waals surface area contributed by atoms with Gasteiger partial charge in [-0.25, -0.2) is 19.8 Å². The number of anilines is 1. The van der Waals surface area contributed by atoms with Gasteiger partial charge in [0.05, 0.1) is 12.2 Å². The van der Waals surface area contributed by atoms with Gasteiger partial charge in [0, 0.05) is 5.69 Å². The van der Waals surface area contributed by atoms with Gasteiger partial charge in [-0.15, -0.1) is 5.01 Å². The lowest BCUT2D eigenvalue weighted by molar-refractivity contribution is 0.0602. The van der Waals surface area contributed by atoms with Crippen LogP contribution in [0.25, 0.3) is 0 Å². The maximum absolute atomic E-state index is 13.0. The zero-order chi connectivity index (χ0) is 22.3. The third kappa shape index (κ3) is 7.29. The second kappa shape index (κ2) is 10.7. The second-order valence-electron chi connectivity index (χ2n) is 7.88. The van der Waals surface area contributed by atoms with Crippen LogP contribution in [-0.4, -0.2) is 35.4 Å². The Labute approximate surface area is 172 Å². The molecule has 0 atom stereocenters. The largest absolute Gasteiger partial charge is 0.446 e. The van der Waals surface area contributed by atoms with Gasteiger partial charge >= 0.3 is 18.2 Å². The number of hydrogen-bond donors (Lipinski definition) is 2. The molecular weight excluding hydrogens is 374 g/mol. The summed E-state index contributed by atoms with van der Waals surface area (Å²) in [5.41, 5.74) is 4.62. The smallest absolute Gasteiger partial charge is 0.437 e. The van der Waals surface area contributed by atoms with Crippen molar-refractivity contribution in [2.75, 3.05) is 5.32 Å². The Kier molecular flexibility index (Phi) is 8.94. The van der Waals surface area contributed by atoms with E-state index in [9.17, 15) is 14.4 Å². The van der Waals surface area contributed by atoms with Gasteiger partial charge in [-0.3, -0.25) is 0 Å². The van der Waals surface area contributed by atoms with Crippen molar-refractivity contribution in [1.29, 1.82) is 0 Å². The Morgan fingerprint density at radius 3 is 1.72 bits per heavy atom. The molecule has 1 rings (SSSR count). The molecule has 0 saturated carbocycles. The lowest BCUT2D eigenvalue weighted by Gasteiger charge is -2.25. The minimum Gasteiger partial charge on any atom is -0.446 e. The first kappa shape index (κ1) is 24.3. The third-order valence-electron chi connectivity index (χ3n) is 3.87. The highest BCUT2D eigenvalue weighted by Gasteiger charge is 2.29. The fourth-order valence-electron chi connectivity index (χ4n) is 2.62. The van der Waals surface area contributed by atoms with Crippen LogP contribution in [-0.2, 0) is 9.47 Å². The second-order valence-corrected chi connectivity index (χ2v) is 7.88. The summed E-state index contributed by atoms with van der Waals surface area (Å²) in [5.74, 6) is 0.276. The molecule has 0 aliphatic rings. The predicted molar refractivity (Wildman–Crippen MR) is 112 cm³/mol. The van der Waals surface area contributed by atoms with Crippen molar-refractivity contribution < 1.29 is 23.9 Å². The van der Waals surface area contributed by atoms with Crippen LogP contribution in [0.15, 0.2) is 18.2 Å². The number of carbonyl (C=O) groups excluding carboxylic acids is 3. The van der Waals surface area contributed by atoms with E-state index in [4.69, 9.17) is 9.47 Å². The number of nitrogens with zero attached hydrogens (tertiary/aromatic N) is 1. The van der Waals surface area contributed by atoms with Crippen molar-refractivity contribution in [2.24, 2.45) is 0 Å². The van der Waals surface area contributed by atoms with Gasteiger partial charge < -0.3 is 14.8 Å². The van der Waals surface area contributed by atoms with Gasteiger partial charge in [0.2, 0.25) is 0 Å². The maximum Gasteiger partial charge on any atom is 0.437 e. The average Bonchev–Trinajstić information content (AvgIpc) is 2.57. The Hall–Kier alpha value is -2.77. The quantitative estimate of drug-likeness (QED) is 0.640. The van der Waals surface area contributed by atoms with Crippen LogP contribution in [0, 0.1) is 0 Å². The van der Waals surface area contributed by atoms with E-state index in [0.29, 0.717) is 10.7 Å². The number of hydrogen-bond acceptors (Lipinski definition) is 5. The number of rotatable bonds is 5. The zero-order valence-corrected chi connectivity index (χ0v) is 18.5. The molecular formula is C21H33N3O5. The summed E-state index contributed by atoms with van der Waals surface area (Å²) < 4.78 is 10.1. The van der Waals surface area contributed by atoms with Gasteiger partial charge in [0.15, 0.2) is 0 Å². The molecule has 0 aromatic heterocycles. The first-order chi connectivity index (χ1) is 13.4. The van der Waals surface area contributed by atoms with Crippen LogP contribution >= 0.6 is 0 Å². The number of benzene rings is 1. The highest BCUT2D eigenvalue weighted by atomic mass is 16.6. The number of ether oxygens (including phenoxy) is 2.